The van der Waals surface area contributed by atoms with Crippen molar-refractivity contribution in [1.29, 1.82) is 0 Å². The molecule has 4 heterocycles. The van der Waals surface area contributed by atoms with Crippen molar-refractivity contribution in [3.8, 4) is 0 Å². The Hall–Kier alpha value is -2.25. The molecule has 34 heavy (non-hydrogen) atoms. The van der Waals surface area contributed by atoms with Gasteiger partial charge in [0.05, 0.1) is 17.9 Å². The molecule has 3 aromatic rings. The zero-order valence-electron chi connectivity index (χ0n) is 18.1. The molecule has 14 heteroatoms. The van der Waals surface area contributed by atoms with Crippen LogP contribution in [0.2, 0.25) is 0 Å². The van der Waals surface area contributed by atoms with Crippen LogP contribution in [0.4, 0.5) is 5.95 Å². The number of anilines is 1. The molecule has 0 spiro atoms. The number of aliphatic hydroxyl groups is 1. The lowest BCUT2D eigenvalue weighted by molar-refractivity contribution is -0.0407. The van der Waals surface area contributed by atoms with E-state index in [4.69, 9.17) is 24.6 Å². The number of nitrogen functional groups attached to an aromatic ring is 1. The summed E-state index contributed by atoms with van der Waals surface area (Å²) >= 11 is 3.32. The molecule has 1 saturated heterocycles. The van der Waals surface area contributed by atoms with Crippen LogP contribution in [0.1, 0.15) is 31.2 Å². The maximum absolute atomic E-state index is 12.1. The van der Waals surface area contributed by atoms with Crippen LogP contribution in [0, 0.1) is 5.92 Å². The summed E-state index contributed by atoms with van der Waals surface area (Å²) in [5, 5.41) is 19.1. The van der Waals surface area contributed by atoms with E-state index in [9.17, 15) is 14.5 Å². The molecule has 6 atom stereocenters. The maximum Gasteiger partial charge on any atom is 0.697 e. The van der Waals surface area contributed by atoms with Gasteiger partial charge in [-0.25, -0.2) is 0 Å². The second-order valence-corrected chi connectivity index (χ2v) is 9.84. The molecule has 0 aromatic carbocycles. The Kier molecular flexibility index (Phi) is 7.73. The molecule has 12 nitrogen and oxygen atoms in total. The molecule has 0 saturated carbocycles. The topological polar surface area (TPSA) is 177 Å². The number of fused-ring (bicyclic) bond motifs is 1. The summed E-state index contributed by atoms with van der Waals surface area (Å²) in [6.45, 7) is 1.69. The second kappa shape index (κ2) is 10.6. The zero-order chi connectivity index (χ0) is 24.4. The predicted octanol–water partition coefficient (Wildman–Crippen LogP) is 1.91. The van der Waals surface area contributed by atoms with Gasteiger partial charge in [0.15, 0.2) is 11.8 Å². The number of nitrogens with one attached hydrogen (secondary N) is 1. The molecule has 1 aliphatic rings. The molecular formula is C20H25BrN5O7P+2. The molecule has 3 aromatic heterocycles. The first kappa shape index (κ1) is 24.9. The minimum absolute atomic E-state index is 0.0243. The third-order valence-corrected chi connectivity index (χ3v) is 6.82. The van der Waals surface area contributed by atoms with Crippen LogP contribution in [0.15, 0.2) is 40.0 Å². The number of ether oxygens (including phenoxy) is 1. The molecule has 6 unspecified atom stereocenters. The van der Waals surface area contributed by atoms with Gasteiger partial charge in [-0.05, 0) is 28.1 Å². The van der Waals surface area contributed by atoms with E-state index in [1.54, 1.807) is 42.2 Å². The van der Waals surface area contributed by atoms with Crippen molar-refractivity contribution in [3.63, 3.8) is 0 Å². The van der Waals surface area contributed by atoms with E-state index < -0.39 is 32.8 Å². The number of nitrogens with two attached hydrogens (primary N) is 1. The first-order valence-corrected chi connectivity index (χ1v) is 12.4. The summed E-state index contributed by atoms with van der Waals surface area (Å²) in [6, 6.07) is 3.40. The molecular weight excluding hydrogens is 533 g/mol. The largest absolute Gasteiger partial charge is 0.697 e. The Labute approximate surface area is 203 Å². The Morgan fingerprint density at radius 1 is 1.44 bits per heavy atom. The monoisotopic (exact) mass is 557 g/mol. The Morgan fingerprint density at radius 2 is 2.24 bits per heavy atom. The van der Waals surface area contributed by atoms with Crippen molar-refractivity contribution in [2.45, 2.75) is 37.9 Å². The lowest BCUT2D eigenvalue weighted by Gasteiger charge is -2.18. The predicted molar refractivity (Wildman–Crippen MR) is 126 cm³/mol. The molecule has 0 radical (unpaired) electrons. The van der Waals surface area contributed by atoms with Crippen LogP contribution in [-0.4, -0.2) is 55.2 Å². The summed E-state index contributed by atoms with van der Waals surface area (Å²) in [5.74, 6) is -0.392. The molecule has 182 valence electrons. The highest BCUT2D eigenvalue weighted by molar-refractivity contribution is 9.10. The standard InChI is InChI=1S/C20H23BrN5O7P/c1-10-16(28)15(33-19(10)26-4-2-13-17(26)24-20(22)25-18(13)29)9-32-34(30)31-5-3-14(27)11-6-12(21)8-23-7-11/h2,4,6-8,10,14-16,19,27-28H,3,5,9H2,1H3,(H2-,22,24,25,29)/p+2. The number of rotatable bonds is 9. The minimum atomic E-state index is -2.46. The van der Waals surface area contributed by atoms with E-state index in [2.05, 4.69) is 30.9 Å². The van der Waals surface area contributed by atoms with E-state index >= 15 is 0 Å². The van der Waals surface area contributed by atoms with Gasteiger partial charge in [0.25, 0.3) is 5.56 Å². The van der Waals surface area contributed by atoms with Crippen molar-refractivity contribution >= 4 is 41.2 Å². The van der Waals surface area contributed by atoms with Crippen LogP contribution in [-0.2, 0) is 18.3 Å². The summed E-state index contributed by atoms with van der Waals surface area (Å²) in [5.41, 5.74) is 6.35. The number of hydrogen-bond acceptors (Lipinski definition) is 9. The number of aromatic nitrogens is 4. The number of aliphatic hydroxyl groups excluding tert-OH is 1. The highest BCUT2D eigenvalue weighted by atomic mass is 79.9. The van der Waals surface area contributed by atoms with Crippen molar-refractivity contribution in [1.82, 2.24) is 19.5 Å². The molecule has 4 rings (SSSR count). The van der Waals surface area contributed by atoms with Gasteiger partial charge in [-0.15, -0.1) is 9.05 Å². The van der Waals surface area contributed by atoms with E-state index in [0.29, 0.717) is 23.0 Å². The SMILES string of the molecule is CC1C(O)C(CO[P+](=O)OCCC([OH2+])c2cncc(Br)c2)OC1n1ccc2c(=O)[nH]c(N)nc21. The first-order valence-electron chi connectivity index (χ1n) is 10.5. The second-order valence-electron chi connectivity index (χ2n) is 7.96. The molecule has 1 aliphatic heterocycles. The van der Waals surface area contributed by atoms with Gasteiger partial charge in [-0.3, -0.25) is 14.8 Å². The lowest BCUT2D eigenvalue weighted by atomic mass is 10.0. The third-order valence-electron chi connectivity index (χ3n) is 5.63. The average molecular weight is 558 g/mol. The van der Waals surface area contributed by atoms with Crippen LogP contribution in [0.3, 0.4) is 0 Å². The molecule has 0 aliphatic carbocycles. The minimum Gasteiger partial charge on any atom is -0.440 e. The van der Waals surface area contributed by atoms with Gasteiger partial charge < -0.3 is 25.3 Å². The molecule has 6 N–H and O–H groups in total. The number of H-pyrrole nitrogens is 1. The Balaban J connectivity index is 1.30. The molecule has 0 bridgehead atoms. The molecule has 0 amide bonds. The van der Waals surface area contributed by atoms with Crippen molar-refractivity contribution in [3.05, 3.63) is 51.1 Å². The van der Waals surface area contributed by atoms with Crippen molar-refractivity contribution in [2.75, 3.05) is 18.9 Å². The number of halogens is 1. The van der Waals surface area contributed by atoms with Gasteiger partial charge >= 0.3 is 8.25 Å². The normalized spacial score (nSPS) is 23.9. The van der Waals surface area contributed by atoms with Crippen LogP contribution in [0.5, 0.6) is 0 Å². The third kappa shape index (κ3) is 5.36. The highest BCUT2D eigenvalue weighted by Gasteiger charge is 2.44. The Morgan fingerprint density at radius 3 is 3.00 bits per heavy atom. The quantitative estimate of drug-likeness (QED) is 0.261. The van der Waals surface area contributed by atoms with E-state index in [1.807, 2.05) is 0 Å². The lowest BCUT2D eigenvalue weighted by Crippen LogP contribution is -2.28. The number of nitrogens with zero attached hydrogens (tertiary/aromatic N) is 3. The molecule has 1 fully saturated rings. The fraction of sp³-hybridized carbons (Fsp3) is 0.450. The van der Waals surface area contributed by atoms with E-state index in [1.165, 1.54) is 0 Å². The average Bonchev–Trinajstić information content (AvgIpc) is 3.33. The van der Waals surface area contributed by atoms with E-state index in [-0.39, 0.29) is 30.6 Å². The summed E-state index contributed by atoms with van der Waals surface area (Å²) in [4.78, 5) is 22.7. The van der Waals surface area contributed by atoms with Crippen molar-refractivity contribution < 1.29 is 28.6 Å². The Bertz CT molecular complexity index is 1240. The maximum atomic E-state index is 12.1. The summed E-state index contributed by atoms with van der Waals surface area (Å²) < 4.78 is 31.0. The van der Waals surface area contributed by atoms with Crippen LogP contribution in [0.25, 0.3) is 11.0 Å². The summed E-state index contributed by atoms with van der Waals surface area (Å²) in [7, 11) is -2.46. The highest BCUT2D eigenvalue weighted by Crippen LogP contribution is 2.37. The number of pyridine rings is 1. The van der Waals surface area contributed by atoms with Gasteiger partial charge in [0.1, 0.15) is 25.5 Å². The fourth-order valence-corrected chi connectivity index (χ4v) is 4.80. The number of aromatic amines is 1. The fourth-order valence-electron chi connectivity index (χ4n) is 3.82. The van der Waals surface area contributed by atoms with Gasteiger partial charge in [0.2, 0.25) is 5.95 Å². The number of hydrogen-bond donors (Lipinski definition) is 3. The van der Waals surface area contributed by atoms with Gasteiger partial charge in [0, 0.05) is 39.1 Å². The summed E-state index contributed by atoms with van der Waals surface area (Å²) in [6.07, 6.45) is 2.29. The zero-order valence-corrected chi connectivity index (χ0v) is 20.6. The van der Waals surface area contributed by atoms with Gasteiger partial charge in [-0.2, -0.15) is 4.98 Å². The van der Waals surface area contributed by atoms with Crippen LogP contribution >= 0.6 is 24.2 Å². The smallest absolute Gasteiger partial charge is 0.440 e. The van der Waals surface area contributed by atoms with Crippen LogP contribution < -0.4 is 11.3 Å². The van der Waals surface area contributed by atoms with Gasteiger partial charge in [-0.1, -0.05) is 6.92 Å². The first-order chi connectivity index (χ1) is 16.2. The van der Waals surface area contributed by atoms with Crippen molar-refractivity contribution in [2.24, 2.45) is 5.92 Å². The van der Waals surface area contributed by atoms with E-state index in [0.717, 1.165) is 4.47 Å².